The molecule has 112 valence electrons. The molecule has 3 rings (SSSR count). The molecule has 0 spiro atoms. The lowest BCUT2D eigenvalue weighted by Gasteiger charge is -2.22. The van der Waals surface area contributed by atoms with E-state index in [-0.39, 0.29) is 10.6 Å². The highest BCUT2D eigenvalue weighted by molar-refractivity contribution is 7.94. The molecule has 0 aliphatic heterocycles. The van der Waals surface area contributed by atoms with E-state index in [0.29, 0.717) is 16.4 Å². The second-order valence-corrected chi connectivity index (χ2v) is 6.35. The van der Waals surface area contributed by atoms with Crippen molar-refractivity contribution in [2.75, 3.05) is 0 Å². The van der Waals surface area contributed by atoms with Gasteiger partial charge >= 0.3 is 0 Å². The van der Waals surface area contributed by atoms with Crippen LogP contribution in [0.2, 0.25) is 5.02 Å². The molecular formula is C13H9ClN5O2S-. The maximum atomic E-state index is 12.3. The Kier molecular flexibility index (Phi) is 3.78. The van der Waals surface area contributed by atoms with Crippen LogP contribution in [0.1, 0.15) is 0 Å². The summed E-state index contributed by atoms with van der Waals surface area (Å²) in [6.07, 6.45) is 0. The van der Waals surface area contributed by atoms with Crippen molar-refractivity contribution in [1.82, 2.24) is 20.6 Å². The molecule has 0 amide bonds. The van der Waals surface area contributed by atoms with Gasteiger partial charge in [0, 0.05) is 10.6 Å². The Bertz CT molecular complexity index is 896. The van der Waals surface area contributed by atoms with Crippen molar-refractivity contribution in [3.63, 3.8) is 0 Å². The van der Waals surface area contributed by atoms with Gasteiger partial charge in [-0.05, 0) is 23.4 Å². The van der Waals surface area contributed by atoms with Gasteiger partial charge in [-0.1, -0.05) is 41.9 Å². The fourth-order valence-electron chi connectivity index (χ4n) is 1.80. The highest BCUT2D eigenvalue weighted by atomic mass is 35.5. The summed E-state index contributed by atoms with van der Waals surface area (Å²) in [5.41, 5.74) is 0.874. The van der Waals surface area contributed by atoms with Crippen LogP contribution in [0.3, 0.4) is 0 Å². The SMILES string of the molecule is O=S(=O)([N-]c1cccc(-c2nn[nH]n2)c1)c1cccc(Cl)c1. The number of aromatic nitrogens is 4. The van der Waals surface area contributed by atoms with Gasteiger partial charge in [0.15, 0.2) is 0 Å². The second kappa shape index (κ2) is 5.74. The van der Waals surface area contributed by atoms with Gasteiger partial charge in [0.25, 0.3) is 0 Å². The largest absolute Gasteiger partial charge is 0.573 e. The van der Waals surface area contributed by atoms with Gasteiger partial charge in [0.2, 0.25) is 5.82 Å². The average molecular weight is 335 g/mol. The summed E-state index contributed by atoms with van der Waals surface area (Å²) in [4.78, 5) is 0.0324. The standard InChI is InChI=1S/C13H9ClN5O2S/c14-10-4-2-6-12(8-10)22(20,21)17-11-5-1-3-9(7-11)13-15-18-19-16-13/h1-8H,(H,15,16,18,19)/q-1. The number of sulfonamides is 1. The summed E-state index contributed by atoms with van der Waals surface area (Å²) in [5.74, 6) is 0.359. The van der Waals surface area contributed by atoms with Gasteiger partial charge in [-0.15, -0.1) is 15.9 Å². The van der Waals surface area contributed by atoms with Crippen LogP contribution in [0.4, 0.5) is 5.69 Å². The van der Waals surface area contributed by atoms with Gasteiger partial charge in [0.05, 0.1) is 4.90 Å². The summed E-state index contributed by atoms with van der Waals surface area (Å²) in [5, 5.41) is 13.8. The molecule has 7 nitrogen and oxygen atoms in total. The molecule has 1 N–H and O–H groups in total. The first-order chi connectivity index (χ1) is 10.5. The predicted octanol–water partition coefficient (Wildman–Crippen LogP) is 2.91. The number of aromatic amines is 1. The highest BCUT2D eigenvalue weighted by Gasteiger charge is 2.06. The third-order valence-electron chi connectivity index (χ3n) is 2.77. The molecule has 0 fully saturated rings. The number of nitrogens with one attached hydrogen (secondary N) is 1. The van der Waals surface area contributed by atoms with Gasteiger partial charge in [0.1, 0.15) is 10.0 Å². The average Bonchev–Trinajstić information content (AvgIpc) is 3.01. The molecule has 0 saturated heterocycles. The van der Waals surface area contributed by atoms with Crippen LogP contribution in [-0.4, -0.2) is 29.0 Å². The predicted molar refractivity (Wildman–Crippen MR) is 81.3 cm³/mol. The molecule has 0 saturated carbocycles. The van der Waals surface area contributed by atoms with Crippen molar-refractivity contribution in [3.8, 4) is 11.4 Å². The maximum Gasteiger partial charge on any atom is 0.204 e. The van der Waals surface area contributed by atoms with E-state index < -0.39 is 10.0 Å². The number of rotatable bonds is 4. The number of H-pyrrole nitrogens is 1. The number of hydrogen-bond donors (Lipinski definition) is 1. The van der Waals surface area contributed by atoms with Crippen LogP contribution >= 0.6 is 11.6 Å². The first kappa shape index (κ1) is 14.5. The van der Waals surface area contributed by atoms with Crippen molar-refractivity contribution in [3.05, 3.63) is 58.3 Å². The first-order valence-corrected chi connectivity index (χ1v) is 7.94. The van der Waals surface area contributed by atoms with Crippen molar-refractivity contribution < 1.29 is 8.42 Å². The lowest BCUT2D eigenvalue weighted by Crippen LogP contribution is -1.97. The van der Waals surface area contributed by atoms with Crippen LogP contribution in [0, 0.1) is 0 Å². The van der Waals surface area contributed by atoms with Crippen LogP contribution in [0.15, 0.2) is 53.4 Å². The minimum absolute atomic E-state index is 0.0324. The van der Waals surface area contributed by atoms with Crippen LogP contribution in [-0.2, 0) is 10.0 Å². The van der Waals surface area contributed by atoms with Crippen molar-refractivity contribution in [2.45, 2.75) is 4.90 Å². The summed E-state index contributed by atoms with van der Waals surface area (Å²) >= 11 is 5.81. The second-order valence-electron chi connectivity index (χ2n) is 4.31. The van der Waals surface area contributed by atoms with E-state index in [2.05, 4.69) is 25.3 Å². The van der Waals surface area contributed by atoms with Crippen LogP contribution in [0.25, 0.3) is 16.1 Å². The number of halogens is 1. The highest BCUT2D eigenvalue weighted by Crippen LogP contribution is 2.30. The molecule has 0 unspecified atom stereocenters. The first-order valence-electron chi connectivity index (χ1n) is 6.12. The zero-order chi connectivity index (χ0) is 15.6. The van der Waals surface area contributed by atoms with Gasteiger partial charge in [-0.25, -0.2) is 8.42 Å². The molecule has 9 heteroatoms. The Labute approximate surface area is 131 Å². The Hall–Kier alpha value is -2.45. The molecule has 0 atom stereocenters. The molecule has 1 heterocycles. The van der Waals surface area contributed by atoms with Gasteiger partial charge in [-0.3, -0.25) is 0 Å². The molecule has 0 radical (unpaired) electrons. The molecule has 0 bridgehead atoms. The quantitative estimate of drug-likeness (QED) is 0.790. The van der Waals surface area contributed by atoms with E-state index in [0.717, 1.165) is 0 Å². The lowest BCUT2D eigenvalue weighted by molar-refractivity contribution is 0.603. The number of tetrazole rings is 1. The summed E-state index contributed by atoms with van der Waals surface area (Å²) < 4.78 is 28.4. The third kappa shape index (κ3) is 3.07. The van der Waals surface area contributed by atoms with Crippen molar-refractivity contribution in [2.24, 2.45) is 0 Å². The van der Waals surface area contributed by atoms with Crippen molar-refractivity contribution >= 4 is 27.3 Å². The van der Waals surface area contributed by atoms with Gasteiger partial charge < -0.3 is 4.72 Å². The molecule has 1 aromatic heterocycles. The zero-order valence-electron chi connectivity index (χ0n) is 11.0. The molecule has 3 aromatic rings. The van der Waals surface area contributed by atoms with Crippen LogP contribution < -0.4 is 0 Å². The normalized spacial score (nSPS) is 11.3. The minimum Gasteiger partial charge on any atom is -0.573 e. The summed E-state index contributed by atoms with van der Waals surface area (Å²) in [7, 11) is -3.85. The molecule has 2 aromatic carbocycles. The molecule has 22 heavy (non-hydrogen) atoms. The Morgan fingerprint density at radius 1 is 1.09 bits per heavy atom. The molecule has 0 aliphatic rings. The Balaban J connectivity index is 1.91. The van der Waals surface area contributed by atoms with E-state index in [1.54, 1.807) is 36.4 Å². The van der Waals surface area contributed by atoms with E-state index in [4.69, 9.17) is 11.6 Å². The number of benzene rings is 2. The Morgan fingerprint density at radius 3 is 2.64 bits per heavy atom. The minimum atomic E-state index is -3.85. The fourth-order valence-corrected chi connectivity index (χ4v) is 3.08. The van der Waals surface area contributed by atoms with E-state index in [9.17, 15) is 8.42 Å². The smallest absolute Gasteiger partial charge is 0.204 e. The van der Waals surface area contributed by atoms with Gasteiger partial charge in [-0.2, -0.15) is 5.21 Å². The zero-order valence-corrected chi connectivity index (χ0v) is 12.6. The van der Waals surface area contributed by atoms with E-state index >= 15 is 0 Å². The van der Waals surface area contributed by atoms with Crippen molar-refractivity contribution in [1.29, 1.82) is 0 Å². The fraction of sp³-hybridized carbons (Fsp3) is 0. The third-order valence-corrected chi connectivity index (χ3v) is 4.31. The number of hydrogen-bond acceptors (Lipinski definition) is 5. The molecule has 0 aliphatic carbocycles. The maximum absolute atomic E-state index is 12.3. The Morgan fingerprint density at radius 2 is 1.91 bits per heavy atom. The topological polar surface area (TPSA) is 103 Å². The van der Waals surface area contributed by atoms with E-state index in [1.807, 2.05) is 0 Å². The monoisotopic (exact) mass is 334 g/mol. The summed E-state index contributed by atoms with van der Waals surface area (Å²) in [6.45, 7) is 0. The van der Waals surface area contributed by atoms with Crippen LogP contribution in [0.5, 0.6) is 0 Å². The molecular weight excluding hydrogens is 326 g/mol. The van der Waals surface area contributed by atoms with E-state index in [1.165, 1.54) is 12.1 Å². The number of nitrogens with zero attached hydrogens (tertiary/aromatic N) is 4. The lowest BCUT2D eigenvalue weighted by atomic mass is 10.2. The summed E-state index contributed by atoms with van der Waals surface area (Å²) in [6, 6.07) is 12.5.